The summed E-state index contributed by atoms with van der Waals surface area (Å²) in [6.07, 6.45) is -3.62. The van der Waals surface area contributed by atoms with Gasteiger partial charge in [0.2, 0.25) is 0 Å². The van der Waals surface area contributed by atoms with Gasteiger partial charge in [-0.15, -0.1) is 0 Å². The van der Waals surface area contributed by atoms with Gasteiger partial charge in [0.25, 0.3) is 5.91 Å². The predicted molar refractivity (Wildman–Crippen MR) is 109 cm³/mol. The molecule has 4 nitrogen and oxygen atoms in total. The fourth-order valence-corrected chi connectivity index (χ4v) is 4.25. The number of carbonyl (C=O) groups excluding carboxylic acids is 1. The average molecular weight is 420 g/mol. The van der Waals surface area contributed by atoms with Crippen LogP contribution >= 0.6 is 0 Å². The highest BCUT2D eigenvalue weighted by Gasteiger charge is 2.42. The Balaban J connectivity index is 1.98. The summed E-state index contributed by atoms with van der Waals surface area (Å²) in [5.74, 6) is -0.380. The number of rotatable bonds is 5. The number of aryl methyl sites for hydroxylation is 1. The minimum atomic E-state index is -4.44. The smallest absolute Gasteiger partial charge is 0.380 e. The number of hydrogen-bond donors (Lipinski definition) is 1. The quantitative estimate of drug-likeness (QED) is 0.787. The number of ether oxygens (including phenoxy) is 1. The number of amides is 1. The molecule has 7 heteroatoms. The second-order valence-corrected chi connectivity index (χ2v) is 7.88. The van der Waals surface area contributed by atoms with E-state index in [1.165, 1.54) is 6.07 Å². The molecule has 1 fully saturated rings. The number of hydrogen-bond acceptors (Lipinski definition) is 3. The Hall–Kier alpha value is -2.38. The van der Waals surface area contributed by atoms with Gasteiger partial charge in [-0.3, -0.25) is 4.79 Å². The van der Waals surface area contributed by atoms with Crippen molar-refractivity contribution in [1.29, 1.82) is 0 Å². The van der Waals surface area contributed by atoms with Gasteiger partial charge < -0.3 is 15.0 Å². The zero-order chi connectivity index (χ0) is 21.9. The molecule has 0 spiro atoms. The summed E-state index contributed by atoms with van der Waals surface area (Å²) in [6, 6.07) is 13.0. The Morgan fingerprint density at radius 1 is 1.23 bits per heavy atom. The van der Waals surface area contributed by atoms with E-state index in [0.29, 0.717) is 24.9 Å². The minimum Gasteiger partial charge on any atom is -0.380 e. The first kappa shape index (κ1) is 22.3. The van der Waals surface area contributed by atoms with Crippen molar-refractivity contribution in [2.75, 3.05) is 27.2 Å². The van der Waals surface area contributed by atoms with E-state index in [1.807, 2.05) is 37.4 Å². The molecule has 30 heavy (non-hydrogen) atoms. The third-order valence-electron chi connectivity index (χ3n) is 5.70. The maximum Gasteiger partial charge on any atom is 0.416 e. The normalized spacial score (nSPS) is 22.7. The van der Waals surface area contributed by atoms with Crippen molar-refractivity contribution in [3.63, 3.8) is 0 Å². The molecule has 0 aromatic heterocycles. The first-order valence-corrected chi connectivity index (χ1v) is 9.98. The Morgan fingerprint density at radius 3 is 2.53 bits per heavy atom. The lowest BCUT2D eigenvalue weighted by Crippen LogP contribution is -2.59. The molecule has 1 saturated heterocycles. The average Bonchev–Trinajstić information content (AvgIpc) is 2.72. The zero-order valence-corrected chi connectivity index (χ0v) is 17.4. The Morgan fingerprint density at radius 2 is 1.93 bits per heavy atom. The summed E-state index contributed by atoms with van der Waals surface area (Å²) in [6.45, 7) is 3.06. The number of methoxy groups -OCH3 is 1. The Kier molecular flexibility index (Phi) is 6.53. The molecule has 1 N–H and O–H groups in total. The lowest BCUT2D eigenvalue weighted by molar-refractivity contribution is -0.137. The molecule has 1 aliphatic heterocycles. The molecule has 0 radical (unpaired) electrons. The lowest BCUT2D eigenvalue weighted by Gasteiger charge is -2.45. The van der Waals surface area contributed by atoms with E-state index in [-0.39, 0.29) is 17.6 Å². The van der Waals surface area contributed by atoms with E-state index in [2.05, 4.69) is 10.2 Å². The Labute approximate surface area is 175 Å². The molecule has 1 amide bonds. The summed E-state index contributed by atoms with van der Waals surface area (Å²) < 4.78 is 44.9. The van der Waals surface area contributed by atoms with Crippen molar-refractivity contribution < 1.29 is 22.7 Å². The van der Waals surface area contributed by atoms with Gasteiger partial charge in [-0.05, 0) is 42.8 Å². The summed E-state index contributed by atoms with van der Waals surface area (Å²) in [4.78, 5) is 15.4. The number of nitrogens with one attached hydrogen (secondary N) is 1. The third kappa shape index (κ3) is 4.68. The van der Waals surface area contributed by atoms with Crippen LogP contribution in [-0.2, 0) is 22.9 Å². The van der Waals surface area contributed by atoms with E-state index in [0.717, 1.165) is 24.2 Å². The highest BCUT2D eigenvalue weighted by Crippen LogP contribution is 2.34. The van der Waals surface area contributed by atoms with Gasteiger partial charge in [-0.1, -0.05) is 37.3 Å². The summed E-state index contributed by atoms with van der Waals surface area (Å²) >= 11 is 0. The molecule has 2 atom stereocenters. The van der Waals surface area contributed by atoms with Crippen LogP contribution in [0.4, 0.5) is 13.2 Å². The van der Waals surface area contributed by atoms with E-state index in [1.54, 1.807) is 14.0 Å². The van der Waals surface area contributed by atoms with Crippen molar-refractivity contribution in [1.82, 2.24) is 10.2 Å². The van der Waals surface area contributed by atoms with Crippen LogP contribution in [-0.4, -0.2) is 44.2 Å². The molecule has 2 aromatic rings. The van der Waals surface area contributed by atoms with Crippen LogP contribution in [0.2, 0.25) is 0 Å². The minimum absolute atomic E-state index is 0.0810. The summed E-state index contributed by atoms with van der Waals surface area (Å²) in [7, 11) is 3.61. The molecule has 3 rings (SSSR count). The van der Waals surface area contributed by atoms with E-state index < -0.39 is 17.3 Å². The molecule has 1 aliphatic rings. The van der Waals surface area contributed by atoms with Gasteiger partial charge in [-0.2, -0.15) is 13.2 Å². The van der Waals surface area contributed by atoms with Crippen LogP contribution in [0, 0.1) is 0 Å². The standard InChI is InChI=1S/C23H27F3N2O2/c1-4-16-12-18(23(24,25)26)10-11-20(16)21(29)27-22(17-8-6-5-7-9-17)13-19(30-3)14-28(2)15-22/h5-12,19H,4,13-15H2,1-3H3,(H,27,29)/t19-,22-/m0/s1. The van der Waals surface area contributed by atoms with Crippen LogP contribution in [0.1, 0.15) is 40.4 Å². The number of benzene rings is 2. The van der Waals surface area contributed by atoms with Gasteiger partial charge in [-0.25, -0.2) is 0 Å². The third-order valence-corrected chi connectivity index (χ3v) is 5.70. The van der Waals surface area contributed by atoms with Crippen molar-refractivity contribution in [3.8, 4) is 0 Å². The number of alkyl halides is 3. The maximum atomic E-state index is 13.3. The van der Waals surface area contributed by atoms with Crippen LogP contribution in [0.15, 0.2) is 48.5 Å². The topological polar surface area (TPSA) is 41.6 Å². The fraction of sp³-hybridized carbons (Fsp3) is 0.435. The number of piperidine rings is 1. The summed E-state index contributed by atoms with van der Waals surface area (Å²) in [5.41, 5.74) is 0.128. The van der Waals surface area contributed by atoms with Crippen LogP contribution in [0.3, 0.4) is 0 Å². The highest BCUT2D eigenvalue weighted by molar-refractivity contribution is 5.96. The fourth-order valence-electron chi connectivity index (χ4n) is 4.25. The van der Waals surface area contributed by atoms with E-state index >= 15 is 0 Å². The highest BCUT2D eigenvalue weighted by atomic mass is 19.4. The number of carbonyl (C=O) groups is 1. The van der Waals surface area contributed by atoms with E-state index in [9.17, 15) is 18.0 Å². The van der Waals surface area contributed by atoms with Gasteiger partial charge in [0.05, 0.1) is 17.2 Å². The van der Waals surface area contributed by atoms with Gasteiger partial charge in [0.1, 0.15) is 0 Å². The van der Waals surface area contributed by atoms with Gasteiger partial charge in [0.15, 0.2) is 0 Å². The molecule has 1 heterocycles. The Bertz CT molecular complexity index is 886. The molecule has 0 saturated carbocycles. The van der Waals surface area contributed by atoms with Crippen LogP contribution < -0.4 is 5.32 Å². The molecule has 0 unspecified atom stereocenters. The van der Waals surface area contributed by atoms with Gasteiger partial charge in [0, 0.05) is 32.2 Å². The number of nitrogens with zero attached hydrogens (tertiary/aromatic N) is 1. The SMILES string of the molecule is CCc1cc(C(F)(F)F)ccc1C(=O)N[C@@]1(c2ccccc2)C[C@H](OC)CN(C)C1. The zero-order valence-electron chi connectivity index (χ0n) is 17.4. The van der Waals surface area contributed by atoms with Crippen molar-refractivity contribution in [2.24, 2.45) is 0 Å². The molecular formula is C23H27F3N2O2. The largest absolute Gasteiger partial charge is 0.416 e. The molecular weight excluding hydrogens is 393 g/mol. The van der Waals surface area contributed by atoms with Crippen LogP contribution in [0.25, 0.3) is 0 Å². The second kappa shape index (κ2) is 8.78. The van der Waals surface area contributed by atoms with Crippen LogP contribution in [0.5, 0.6) is 0 Å². The number of halogens is 3. The number of likely N-dealkylation sites (N-methyl/N-ethyl adjacent to an activating group) is 1. The monoisotopic (exact) mass is 420 g/mol. The molecule has 0 aliphatic carbocycles. The predicted octanol–water partition coefficient (Wildman–Crippen LogP) is 4.24. The molecule has 162 valence electrons. The van der Waals surface area contributed by atoms with Gasteiger partial charge >= 0.3 is 6.18 Å². The first-order chi connectivity index (χ1) is 14.2. The van der Waals surface area contributed by atoms with Crippen molar-refractivity contribution in [2.45, 2.75) is 37.6 Å². The van der Waals surface area contributed by atoms with Crippen molar-refractivity contribution >= 4 is 5.91 Å². The maximum absolute atomic E-state index is 13.3. The molecule has 2 aromatic carbocycles. The van der Waals surface area contributed by atoms with E-state index in [4.69, 9.17) is 4.74 Å². The second-order valence-electron chi connectivity index (χ2n) is 7.88. The summed E-state index contributed by atoms with van der Waals surface area (Å²) in [5, 5.41) is 3.15. The lowest BCUT2D eigenvalue weighted by atomic mass is 9.80. The molecule has 0 bridgehead atoms. The number of likely N-dealkylation sites (tertiary alicyclic amines) is 1. The van der Waals surface area contributed by atoms with Crippen molar-refractivity contribution in [3.05, 3.63) is 70.8 Å². The first-order valence-electron chi connectivity index (χ1n) is 9.98.